The first-order valence-corrected chi connectivity index (χ1v) is 10.2. The van der Waals surface area contributed by atoms with Crippen molar-refractivity contribution < 1.29 is 27.3 Å². The molecular formula is C24H20F3N4O2+. The van der Waals surface area contributed by atoms with Gasteiger partial charge in [0.05, 0.1) is 29.7 Å². The number of ketones is 1. The van der Waals surface area contributed by atoms with Crippen LogP contribution in [0.25, 0.3) is 10.9 Å². The van der Waals surface area contributed by atoms with E-state index in [9.17, 15) is 22.8 Å². The molecule has 2 aromatic carbocycles. The summed E-state index contributed by atoms with van der Waals surface area (Å²) in [6.45, 7) is 0.373. The summed E-state index contributed by atoms with van der Waals surface area (Å²) in [6.07, 6.45) is 2.52. The topological polar surface area (TPSA) is 67.9 Å². The van der Waals surface area contributed by atoms with Crippen LogP contribution in [0.1, 0.15) is 22.3 Å². The Labute approximate surface area is 187 Å². The molecular weight excluding hydrogens is 433 g/mol. The maximum atomic E-state index is 12.7. The second-order valence-corrected chi connectivity index (χ2v) is 7.50. The number of para-hydroxylation sites is 1. The minimum atomic E-state index is -4.44. The number of halogens is 3. The molecule has 0 aliphatic heterocycles. The summed E-state index contributed by atoms with van der Waals surface area (Å²) in [4.78, 5) is 29.1. The molecule has 0 saturated heterocycles. The molecule has 1 N–H and O–H groups in total. The normalized spacial score (nSPS) is 11.5. The Morgan fingerprint density at radius 3 is 2.55 bits per heavy atom. The monoisotopic (exact) mass is 453 g/mol. The highest BCUT2D eigenvalue weighted by atomic mass is 19.4. The number of Topliss-reactive ketones (excluding diaryl/α,β-unsaturated/α-hetero) is 1. The van der Waals surface area contributed by atoms with Gasteiger partial charge in [-0.05, 0) is 24.3 Å². The average molecular weight is 453 g/mol. The molecule has 0 aliphatic rings. The number of hydrogen-bond donors (Lipinski definition) is 1. The molecule has 0 aliphatic carbocycles. The van der Waals surface area contributed by atoms with Crippen LogP contribution in [0.4, 0.5) is 18.9 Å². The number of pyridine rings is 1. The van der Waals surface area contributed by atoms with Crippen molar-refractivity contribution in [2.24, 2.45) is 0 Å². The van der Waals surface area contributed by atoms with Gasteiger partial charge in [0.25, 0.3) is 0 Å². The highest BCUT2D eigenvalue weighted by Gasteiger charge is 2.30. The van der Waals surface area contributed by atoms with E-state index in [1.165, 1.54) is 12.1 Å². The number of benzene rings is 2. The number of nitrogens with one attached hydrogen (secondary N) is 1. The summed E-state index contributed by atoms with van der Waals surface area (Å²) in [7, 11) is 0. The van der Waals surface area contributed by atoms with E-state index in [1.807, 2.05) is 24.3 Å². The zero-order valence-corrected chi connectivity index (χ0v) is 17.4. The van der Waals surface area contributed by atoms with Crippen LogP contribution in [0.5, 0.6) is 0 Å². The van der Waals surface area contributed by atoms with E-state index in [0.717, 1.165) is 17.5 Å². The number of aromatic nitrogens is 3. The van der Waals surface area contributed by atoms with Gasteiger partial charge < -0.3 is 5.32 Å². The number of nitrogens with zero attached hydrogens (tertiary/aromatic N) is 3. The van der Waals surface area contributed by atoms with Gasteiger partial charge in [-0.25, -0.2) is 9.13 Å². The van der Waals surface area contributed by atoms with Crippen LogP contribution in [0, 0.1) is 0 Å². The van der Waals surface area contributed by atoms with Crippen molar-refractivity contribution in [3.8, 4) is 0 Å². The maximum Gasteiger partial charge on any atom is 0.416 e. The van der Waals surface area contributed by atoms with Crippen molar-refractivity contribution >= 4 is 28.3 Å². The lowest BCUT2D eigenvalue weighted by Gasteiger charge is -2.07. The first-order chi connectivity index (χ1) is 15.8. The highest BCUT2D eigenvalue weighted by molar-refractivity contribution is 6.00. The predicted molar refractivity (Wildman–Crippen MR) is 115 cm³/mol. The van der Waals surface area contributed by atoms with Crippen LogP contribution in [-0.2, 0) is 24.1 Å². The average Bonchev–Trinajstić information content (AvgIpc) is 3.25. The summed E-state index contributed by atoms with van der Waals surface area (Å²) in [5.41, 5.74) is 0.762. The molecule has 0 atom stereocenters. The molecule has 0 spiro atoms. The van der Waals surface area contributed by atoms with E-state index >= 15 is 0 Å². The number of aryl methyl sites for hydroxylation is 1. The van der Waals surface area contributed by atoms with E-state index in [4.69, 9.17) is 0 Å². The van der Waals surface area contributed by atoms with Crippen molar-refractivity contribution in [2.45, 2.75) is 25.7 Å². The lowest BCUT2D eigenvalue weighted by atomic mass is 10.1. The number of carbonyl (C=O) groups excluding carboxylic acids is 2. The van der Waals surface area contributed by atoms with Crippen LogP contribution in [-0.4, -0.2) is 21.2 Å². The molecule has 2 heterocycles. The third-order valence-corrected chi connectivity index (χ3v) is 5.11. The number of anilines is 1. The van der Waals surface area contributed by atoms with Crippen molar-refractivity contribution in [3.05, 3.63) is 90.6 Å². The fourth-order valence-corrected chi connectivity index (χ4v) is 3.42. The van der Waals surface area contributed by atoms with Gasteiger partial charge in [0, 0.05) is 17.1 Å². The SMILES string of the molecule is O=C(CCn1cc[n+](CC(=O)c2ccc(C(F)(F)F)cc2)c1)Nc1cccc2cccnc12. The lowest BCUT2D eigenvalue weighted by Crippen LogP contribution is -2.35. The third-order valence-electron chi connectivity index (χ3n) is 5.11. The number of hydrogen-bond acceptors (Lipinski definition) is 3. The summed E-state index contributed by atoms with van der Waals surface area (Å²) < 4.78 is 41.4. The molecule has 0 fully saturated rings. The second-order valence-electron chi connectivity index (χ2n) is 7.50. The molecule has 33 heavy (non-hydrogen) atoms. The Bertz CT molecular complexity index is 1290. The fourth-order valence-electron chi connectivity index (χ4n) is 3.42. The molecule has 0 saturated carbocycles. The minimum Gasteiger partial charge on any atom is -0.324 e. The van der Waals surface area contributed by atoms with Gasteiger partial charge in [0.15, 0.2) is 6.54 Å². The van der Waals surface area contributed by atoms with Crippen LogP contribution < -0.4 is 9.88 Å². The van der Waals surface area contributed by atoms with E-state index in [1.54, 1.807) is 40.1 Å². The van der Waals surface area contributed by atoms with Crippen molar-refractivity contribution in [1.29, 1.82) is 0 Å². The van der Waals surface area contributed by atoms with Crippen LogP contribution in [0.2, 0.25) is 0 Å². The molecule has 1 amide bonds. The van der Waals surface area contributed by atoms with Gasteiger partial charge in [-0.2, -0.15) is 13.2 Å². The highest BCUT2D eigenvalue weighted by Crippen LogP contribution is 2.29. The van der Waals surface area contributed by atoms with E-state index in [2.05, 4.69) is 10.3 Å². The number of amides is 1. The Morgan fingerprint density at radius 2 is 1.79 bits per heavy atom. The standard InChI is InChI=1S/C24H19F3N4O2/c25-24(26,27)19-8-6-17(7-9-19)21(32)15-31-14-13-30(16-31)12-10-22(33)29-20-5-1-3-18-4-2-11-28-23(18)20/h1-9,11,13-14,16H,10,12,15H2/p+1. The molecule has 4 rings (SSSR count). The Kier molecular flexibility index (Phi) is 6.21. The smallest absolute Gasteiger partial charge is 0.324 e. The van der Waals surface area contributed by atoms with E-state index < -0.39 is 11.7 Å². The third kappa shape index (κ3) is 5.43. The molecule has 0 unspecified atom stereocenters. The molecule has 0 radical (unpaired) electrons. The van der Waals surface area contributed by atoms with Gasteiger partial charge in [-0.1, -0.05) is 30.3 Å². The van der Waals surface area contributed by atoms with Crippen molar-refractivity contribution in [1.82, 2.24) is 9.55 Å². The molecule has 0 bridgehead atoms. The summed E-state index contributed by atoms with van der Waals surface area (Å²) in [5, 5.41) is 3.81. The second kappa shape index (κ2) is 9.23. The van der Waals surface area contributed by atoms with Gasteiger partial charge in [-0.15, -0.1) is 0 Å². The number of carbonyl (C=O) groups is 2. The van der Waals surface area contributed by atoms with Gasteiger partial charge in [0.2, 0.25) is 18.0 Å². The lowest BCUT2D eigenvalue weighted by molar-refractivity contribution is -0.682. The number of alkyl halides is 3. The summed E-state index contributed by atoms with van der Waals surface area (Å²) >= 11 is 0. The van der Waals surface area contributed by atoms with Gasteiger partial charge >= 0.3 is 6.18 Å². The molecule has 168 valence electrons. The van der Waals surface area contributed by atoms with Crippen LogP contribution in [0.15, 0.2) is 79.5 Å². The number of fused-ring (bicyclic) bond motifs is 1. The number of imidazole rings is 1. The molecule has 9 heteroatoms. The maximum absolute atomic E-state index is 12.7. The van der Waals surface area contributed by atoms with Gasteiger partial charge in [-0.3, -0.25) is 14.6 Å². The van der Waals surface area contributed by atoms with E-state index in [0.29, 0.717) is 17.7 Å². The molecule has 6 nitrogen and oxygen atoms in total. The summed E-state index contributed by atoms with van der Waals surface area (Å²) in [6, 6.07) is 13.5. The Hall–Kier alpha value is -4.01. The van der Waals surface area contributed by atoms with Gasteiger partial charge in [0.1, 0.15) is 12.4 Å². The molecule has 2 aromatic heterocycles. The Morgan fingerprint density at radius 1 is 1.03 bits per heavy atom. The minimum absolute atomic E-state index is 0.0216. The zero-order chi connectivity index (χ0) is 23.4. The van der Waals surface area contributed by atoms with Crippen LogP contribution in [0.3, 0.4) is 0 Å². The Balaban J connectivity index is 1.32. The predicted octanol–water partition coefficient (Wildman–Crippen LogP) is 4.25. The molecule has 4 aromatic rings. The van der Waals surface area contributed by atoms with E-state index in [-0.39, 0.29) is 30.2 Å². The zero-order valence-electron chi connectivity index (χ0n) is 17.4. The van der Waals surface area contributed by atoms with Crippen molar-refractivity contribution in [2.75, 3.05) is 5.32 Å². The fraction of sp³-hybridized carbons (Fsp3) is 0.167. The quantitative estimate of drug-likeness (QED) is 0.336. The first-order valence-electron chi connectivity index (χ1n) is 10.2. The first kappa shape index (κ1) is 22.2. The van der Waals surface area contributed by atoms with Crippen LogP contribution >= 0.6 is 0 Å². The van der Waals surface area contributed by atoms with Crippen molar-refractivity contribution in [3.63, 3.8) is 0 Å². The largest absolute Gasteiger partial charge is 0.416 e. The number of rotatable bonds is 7. The summed E-state index contributed by atoms with van der Waals surface area (Å²) in [5.74, 6) is -0.484.